The van der Waals surface area contributed by atoms with Gasteiger partial charge in [0.25, 0.3) is 6.71 Å². The number of anilines is 6. The van der Waals surface area contributed by atoms with Gasteiger partial charge in [0.1, 0.15) is 0 Å². The van der Waals surface area contributed by atoms with Crippen molar-refractivity contribution in [2.75, 3.05) is 9.80 Å². The Hall–Kier alpha value is -7.36. The lowest BCUT2D eigenvalue weighted by molar-refractivity contribution is 1.25. The lowest BCUT2D eigenvalue weighted by atomic mass is 9.33. The summed E-state index contributed by atoms with van der Waals surface area (Å²) in [6.45, 7) is 0.0629. The van der Waals surface area contributed by atoms with Crippen molar-refractivity contribution in [1.29, 1.82) is 0 Å². The molecule has 266 valence electrons. The molecule has 0 unspecified atom stereocenters. The van der Waals surface area contributed by atoms with Gasteiger partial charge in [0.15, 0.2) is 0 Å². The standard InChI is InChI=1S/C54H37BN2/c1-5-18-38(19-6-1)42-32-43(39-20-7-2-8-21-39)35-46(34-42)56-50-28-15-13-26-48(50)55-49-27-14-16-29-51(49)57(53-31-17-30-52(56)54(53)55)47-36-44(40-22-9-3-10-23-40)33-45(37-47)41-24-11-4-12-25-41/h1-37H. The molecule has 0 atom stereocenters. The third-order valence-electron chi connectivity index (χ3n) is 11.6. The van der Waals surface area contributed by atoms with E-state index < -0.39 is 0 Å². The summed E-state index contributed by atoms with van der Waals surface area (Å²) < 4.78 is 0. The van der Waals surface area contributed by atoms with Crippen LogP contribution in [0.4, 0.5) is 34.1 Å². The Labute approximate surface area is 334 Å². The summed E-state index contributed by atoms with van der Waals surface area (Å²) in [7, 11) is 0. The summed E-state index contributed by atoms with van der Waals surface area (Å²) >= 11 is 0. The molecule has 2 aliphatic rings. The van der Waals surface area contributed by atoms with E-state index in [9.17, 15) is 0 Å². The third kappa shape index (κ3) is 5.67. The number of hydrogen-bond donors (Lipinski definition) is 0. The molecule has 0 radical (unpaired) electrons. The average molecular weight is 725 g/mol. The highest BCUT2D eigenvalue weighted by Crippen LogP contribution is 2.46. The first-order valence-electron chi connectivity index (χ1n) is 19.7. The molecule has 0 fully saturated rings. The molecule has 0 saturated carbocycles. The number of hydrogen-bond acceptors (Lipinski definition) is 2. The number of para-hydroxylation sites is 2. The normalized spacial score (nSPS) is 12.5. The molecule has 0 aliphatic carbocycles. The molecular weight excluding hydrogens is 687 g/mol. The van der Waals surface area contributed by atoms with Gasteiger partial charge in [-0.1, -0.05) is 164 Å². The maximum Gasteiger partial charge on any atom is 0.252 e. The van der Waals surface area contributed by atoms with Crippen molar-refractivity contribution in [1.82, 2.24) is 0 Å². The highest BCUT2D eigenvalue weighted by molar-refractivity contribution is 7.00. The molecule has 9 aromatic rings. The van der Waals surface area contributed by atoms with Crippen LogP contribution in [0, 0.1) is 0 Å². The predicted molar refractivity (Wildman–Crippen MR) is 242 cm³/mol. The van der Waals surface area contributed by atoms with Gasteiger partial charge < -0.3 is 9.80 Å². The van der Waals surface area contributed by atoms with Gasteiger partial charge >= 0.3 is 0 Å². The van der Waals surface area contributed by atoms with E-state index in [-0.39, 0.29) is 6.71 Å². The molecule has 57 heavy (non-hydrogen) atoms. The van der Waals surface area contributed by atoms with E-state index in [0.29, 0.717) is 0 Å². The van der Waals surface area contributed by atoms with Crippen LogP contribution in [0.2, 0.25) is 0 Å². The molecule has 2 heterocycles. The van der Waals surface area contributed by atoms with Gasteiger partial charge in [-0.25, -0.2) is 0 Å². The molecule has 0 aromatic heterocycles. The van der Waals surface area contributed by atoms with E-state index in [1.165, 1.54) is 83.6 Å². The molecule has 0 N–H and O–H groups in total. The second-order valence-corrected chi connectivity index (χ2v) is 14.9. The maximum atomic E-state index is 2.51. The molecule has 0 spiro atoms. The summed E-state index contributed by atoms with van der Waals surface area (Å²) in [4.78, 5) is 5.01. The van der Waals surface area contributed by atoms with Crippen molar-refractivity contribution < 1.29 is 0 Å². The van der Waals surface area contributed by atoms with Crippen molar-refractivity contribution in [3.8, 4) is 44.5 Å². The Kier molecular flexibility index (Phi) is 7.96. The first-order chi connectivity index (χ1) is 28.3. The monoisotopic (exact) mass is 724 g/mol. The molecular formula is C54H37BN2. The molecule has 3 heteroatoms. The number of nitrogens with zero attached hydrogens (tertiary/aromatic N) is 2. The quantitative estimate of drug-likeness (QED) is 0.158. The van der Waals surface area contributed by atoms with Crippen molar-refractivity contribution in [3.63, 3.8) is 0 Å². The van der Waals surface area contributed by atoms with Crippen LogP contribution in [-0.2, 0) is 0 Å². The van der Waals surface area contributed by atoms with Crippen LogP contribution in [0.15, 0.2) is 224 Å². The van der Waals surface area contributed by atoms with Gasteiger partial charge in [0.2, 0.25) is 0 Å². The number of benzene rings is 9. The summed E-state index contributed by atoms with van der Waals surface area (Å²) in [5.41, 5.74) is 20.5. The molecule has 0 bridgehead atoms. The topological polar surface area (TPSA) is 6.48 Å². The lowest BCUT2D eigenvalue weighted by Crippen LogP contribution is -2.61. The van der Waals surface area contributed by atoms with Gasteiger partial charge in [-0.3, -0.25) is 0 Å². The second-order valence-electron chi connectivity index (χ2n) is 14.9. The molecule has 2 aliphatic heterocycles. The van der Waals surface area contributed by atoms with E-state index >= 15 is 0 Å². The van der Waals surface area contributed by atoms with Crippen molar-refractivity contribution in [2.45, 2.75) is 0 Å². The van der Waals surface area contributed by atoms with E-state index in [1.54, 1.807) is 0 Å². The zero-order valence-electron chi connectivity index (χ0n) is 31.3. The summed E-state index contributed by atoms with van der Waals surface area (Å²) in [5.74, 6) is 0. The summed E-state index contributed by atoms with van der Waals surface area (Å²) in [5, 5.41) is 0. The fraction of sp³-hybridized carbons (Fsp3) is 0. The van der Waals surface area contributed by atoms with E-state index in [4.69, 9.17) is 0 Å². The number of rotatable bonds is 6. The van der Waals surface area contributed by atoms with Crippen LogP contribution in [0.3, 0.4) is 0 Å². The van der Waals surface area contributed by atoms with Gasteiger partial charge in [-0.05, 0) is 122 Å². The Balaban J connectivity index is 1.17. The van der Waals surface area contributed by atoms with Gasteiger partial charge in [-0.15, -0.1) is 0 Å². The van der Waals surface area contributed by atoms with Crippen LogP contribution < -0.4 is 26.2 Å². The zero-order chi connectivity index (χ0) is 37.7. The first kappa shape index (κ1) is 33.0. The number of fused-ring (bicyclic) bond motifs is 4. The van der Waals surface area contributed by atoms with Crippen LogP contribution in [0.25, 0.3) is 44.5 Å². The van der Waals surface area contributed by atoms with Gasteiger partial charge in [0, 0.05) is 34.1 Å². The molecule has 0 amide bonds. The Morgan fingerprint density at radius 2 is 0.544 bits per heavy atom. The maximum absolute atomic E-state index is 2.51. The molecule has 9 aromatic carbocycles. The third-order valence-corrected chi connectivity index (χ3v) is 11.6. The highest BCUT2D eigenvalue weighted by Gasteiger charge is 2.43. The minimum Gasteiger partial charge on any atom is -0.311 e. The van der Waals surface area contributed by atoms with Crippen LogP contribution >= 0.6 is 0 Å². The second kappa shape index (κ2) is 13.7. The molecule has 0 saturated heterocycles. The van der Waals surface area contributed by atoms with Crippen LogP contribution in [0.1, 0.15) is 0 Å². The Bertz CT molecular complexity index is 2600. The van der Waals surface area contributed by atoms with Crippen molar-refractivity contribution in [2.24, 2.45) is 0 Å². The van der Waals surface area contributed by atoms with Gasteiger partial charge in [0.05, 0.1) is 0 Å². The minimum absolute atomic E-state index is 0.0629. The van der Waals surface area contributed by atoms with E-state index in [0.717, 1.165) is 11.4 Å². The van der Waals surface area contributed by atoms with Crippen LogP contribution in [-0.4, -0.2) is 6.71 Å². The largest absolute Gasteiger partial charge is 0.311 e. The lowest BCUT2D eigenvalue weighted by Gasteiger charge is -2.44. The average Bonchev–Trinajstić information content (AvgIpc) is 3.30. The van der Waals surface area contributed by atoms with Crippen LogP contribution in [0.5, 0.6) is 0 Å². The van der Waals surface area contributed by atoms with Crippen molar-refractivity contribution in [3.05, 3.63) is 224 Å². The van der Waals surface area contributed by atoms with Gasteiger partial charge in [-0.2, -0.15) is 0 Å². The fourth-order valence-electron chi connectivity index (χ4n) is 9.06. The van der Waals surface area contributed by atoms with Crippen molar-refractivity contribution >= 4 is 57.2 Å². The SMILES string of the molecule is c1ccc(-c2cc(-c3ccccc3)cc(N3c4ccccc4B4c5ccccc5N(c5cc(-c6ccccc6)cc(-c6ccccc6)c5)c5cccc3c54)c2)cc1. The Morgan fingerprint density at radius 1 is 0.246 bits per heavy atom. The molecule has 11 rings (SSSR count). The summed E-state index contributed by atoms with van der Waals surface area (Å²) in [6, 6.07) is 82.0. The zero-order valence-corrected chi connectivity index (χ0v) is 31.3. The predicted octanol–water partition coefficient (Wildman–Crippen LogP) is 12.4. The minimum atomic E-state index is 0.0629. The first-order valence-corrected chi connectivity index (χ1v) is 19.7. The highest BCUT2D eigenvalue weighted by atomic mass is 15.2. The van der Waals surface area contributed by atoms with E-state index in [2.05, 4.69) is 234 Å². The Morgan fingerprint density at radius 3 is 0.895 bits per heavy atom. The smallest absolute Gasteiger partial charge is 0.252 e. The molecule has 2 nitrogen and oxygen atoms in total. The fourth-order valence-corrected chi connectivity index (χ4v) is 9.06. The van der Waals surface area contributed by atoms with E-state index in [1.807, 2.05) is 0 Å². The summed E-state index contributed by atoms with van der Waals surface area (Å²) in [6.07, 6.45) is 0.